The second-order valence-corrected chi connectivity index (χ2v) is 6.72. The third-order valence-corrected chi connectivity index (χ3v) is 4.76. The molecule has 1 aromatic heterocycles. The molecule has 0 unspecified atom stereocenters. The van der Waals surface area contributed by atoms with Crippen molar-refractivity contribution in [2.45, 2.75) is 32.6 Å². The van der Waals surface area contributed by atoms with Crippen LogP contribution in [-0.2, 0) is 17.6 Å². The van der Waals surface area contributed by atoms with Gasteiger partial charge in [0, 0.05) is 22.9 Å². The van der Waals surface area contributed by atoms with E-state index in [1.807, 2.05) is 12.1 Å². The van der Waals surface area contributed by atoms with Gasteiger partial charge >= 0.3 is 5.97 Å². The lowest BCUT2D eigenvalue weighted by molar-refractivity contribution is -0.136. The first-order valence-corrected chi connectivity index (χ1v) is 9.09. The Morgan fingerprint density at radius 1 is 1.04 bits per heavy atom. The van der Waals surface area contributed by atoms with Crippen LogP contribution in [0.5, 0.6) is 11.5 Å². The highest BCUT2D eigenvalue weighted by molar-refractivity contribution is 5.94. The van der Waals surface area contributed by atoms with Gasteiger partial charge in [0.1, 0.15) is 22.8 Å². The maximum atomic E-state index is 12.1. The average Bonchev–Trinajstić information content (AvgIpc) is 3.04. The van der Waals surface area contributed by atoms with Gasteiger partial charge in [0.25, 0.3) is 0 Å². The Balaban J connectivity index is 1.43. The number of esters is 1. The molecular weight excluding hydrogens is 344 g/mol. The molecule has 5 nitrogen and oxygen atoms in total. The molecule has 4 rings (SSSR count). The third-order valence-electron chi connectivity index (χ3n) is 4.76. The molecule has 1 aliphatic rings. The molecule has 0 saturated carbocycles. The van der Waals surface area contributed by atoms with Gasteiger partial charge in [-0.2, -0.15) is 0 Å². The van der Waals surface area contributed by atoms with Crippen molar-refractivity contribution in [2.75, 3.05) is 6.61 Å². The molecule has 0 amide bonds. The van der Waals surface area contributed by atoms with Crippen molar-refractivity contribution in [1.29, 1.82) is 0 Å². The minimum atomic E-state index is -0.523. The highest BCUT2D eigenvalue weighted by atomic mass is 16.6. The van der Waals surface area contributed by atoms with Crippen molar-refractivity contribution >= 4 is 22.7 Å². The van der Waals surface area contributed by atoms with E-state index in [1.165, 1.54) is 18.9 Å². The zero-order chi connectivity index (χ0) is 18.8. The molecule has 0 saturated heterocycles. The summed E-state index contributed by atoms with van der Waals surface area (Å²) in [6.45, 7) is 1.25. The lowest BCUT2D eigenvalue weighted by atomic mass is 9.96. The van der Waals surface area contributed by atoms with E-state index in [-0.39, 0.29) is 12.4 Å². The predicted molar refractivity (Wildman–Crippen MR) is 100 cm³/mol. The second-order valence-electron chi connectivity index (χ2n) is 6.72. The number of Topliss-reactive ketones (excluding diaryl/α,β-unsaturated/α-hetero) is 1. The monoisotopic (exact) mass is 364 g/mol. The molecule has 0 aliphatic heterocycles. The number of carbonyl (C=O) groups is 2. The molecule has 0 bridgehead atoms. The van der Waals surface area contributed by atoms with Gasteiger partial charge in [0.15, 0.2) is 12.4 Å². The summed E-state index contributed by atoms with van der Waals surface area (Å²) in [6, 6.07) is 12.1. The normalized spacial score (nSPS) is 13.2. The summed E-state index contributed by atoms with van der Waals surface area (Å²) in [5.41, 5.74) is 2.61. The number of rotatable bonds is 5. The van der Waals surface area contributed by atoms with Gasteiger partial charge in [-0.15, -0.1) is 0 Å². The van der Waals surface area contributed by atoms with Crippen molar-refractivity contribution in [3.63, 3.8) is 0 Å². The molecule has 0 fully saturated rings. The van der Waals surface area contributed by atoms with Crippen molar-refractivity contribution in [1.82, 2.24) is 0 Å². The molecule has 1 aliphatic carbocycles. The Morgan fingerprint density at radius 3 is 2.74 bits per heavy atom. The average molecular weight is 364 g/mol. The molecular formula is C22H20O5. The Kier molecular flexibility index (Phi) is 4.67. The van der Waals surface area contributed by atoms with Gasteiger partial charge in [-0.3, -0.25) is 4.79 Å². The molecule has 27 heavy (non-hydrogen) atoms. The SMILES string of the molecule is CC(=O)c1cccc(OC(=O)COc2ccc3oc4c(c3c2)CCCC4)c1. The molecule has 5 heteroatoms. The van der Waals surface area contributed by atoms with Gasteiger partial charge in [-0.25, -0.2) is 4.79 Å². The van der Waals surface area contributed by atoms with E-state index in [1.54, 1.807) is 30.3 Å². The largest absolute Gasteiger partial charge is 0.482 e. The van der Waals surface area contributed by atoms with E-state index < -0.39 is 5.97 Å². The summed E-state index contributed by atoms with van der Waals surface area (Å²) < 4.78 is 16.8. The predicted octanol–water partition coefficient (Wildman–Crippen LogP) is 4.50. The molecule has 0 N–H and O–H groups in total. The zero-order valence-electron chi connectivity index (χ0n) is 15.1. The lowest BCUT2D eigenvalue weighted by Crippen LogP contribution is -2.17. The fourth-order valence-electron chi connectivity index (χ4n) is 3.41. The van der Waals surface area contributed by atoms with Crippen molar-refractivity contribution in [3.05, 3.63) is 59.4 Å². The molecule has 0 atom stereocenters. The molecule has 0 spiro atoms. The van der Waals surface area contributed by atoms with Gasteiger partial charge in [-0.05, 0) is 56.5 Å². The van der Waals surface area contributed by atoms with Crippen LogP contribution in [0, 0.1) is 0 Å². The number of hydrogen-bond acceptors (Lipinski definition) is 5. The summed E-state index contributed by atoms with van der Waals surface area (Å²) in [5, 5.41) is 1.06. The Hall–Kier alpha value is -3.08. The van der Waals surface area contributed by atoms with Crippen LogP contribution in [-0.4, -0.2) is 18.4 Å². The number of carbonyl (C=O) groups excluding carboxylic acids is 2. The highest BCUT2D eigenvalue weighted by Gasteiger charge is 2.18. The first-order valence-electron chi connectivity index (χ1n) is 9.09. The first-order chi connectivity index (χ1) is 13.1. The van der Waals surface area contributed by atoms with Gasteiger partial charge in [0.05, 0.1) is 0 Å². The van der Waals surface area contributed by atoms with Crippen LogP contribution in [0.15, 0.2) is 46.9 Å². The number of ketones is 1. The summed E-state index contributed by atoms with van der Waals surface area (Å²) in [6.07, 6.45) is 4.32. The summed E-state index contributed by atoms with van der Waals surface area (Å²) in [4.78, 5) is 23.5. The van der Waals surface area contributed by atoms with Crippen LogP contribution < -0.4 is 9.47 Å². The highest BCUT2D eigenvalue weighted by Crippen LogP contribution is 2.33. The van der Waals surface area contributed by atoms with Gasteiger partial charge in [-0.1, -0.05) is 12.1 Å². The maximum Gasteiger partial charge on any atom is 0.349 e. The van der Waals surface area contributed by atoms with Gasteiger partial charge in [0.2, 0.25) is 0 Å². The zero-order valence-corrected chi connectivity index (χ0v) is 15.1. The molecule has 2 aromatic carbocycles. The fraction of sp³-hybridized carbons (Fsp3) is 0.273. The quantitative estimate of drug-likeness (QED) is 0.379. The van der Waals surface area contributed by atoms with E-state index >= 15 is 0 Å². The van der Waals surface area contributed by atoms with Crippen LogP contribution in [0.2, 0.25) is 0 Å². The molecule has 1 heterocycles. The number of hydrogen-bond donors (Lipinski definition) is 0. The van der Waals surface area contributed by atoms with Crippen LogP contribution in [0.3, 0.4) is 0 Å². The van der Waals surface area contributed by atoms with E-state index in [4.69, 9.17) is 13.9 Å². The number of ether oxygens (including phenoxy) is 2. The first kappa shape index (κ1) is 17.3. The maximum absolute atomic E-state index is 12.1. The van der Waals surface area contributed by atoms with Crippen molar-refractivity contribution in [2.24, 2.45) is 0 Å². The smallest absolute Gasteiger partial charge is 0.349 e. The van der Waals surface area contributed by atoms with Crippen LogP contribution >= 0.6 is 0 Å². The summed E-state index contributed by atoms with van der Waals surface area (Å²) in [7, 11) is 0. The van der Waals surface area contributed by atoms with Crippen LogP contribution in [0.4, 0.5) is 0 Å². The van der Waals surface area contributed by atoms with Crippen LogP contribution in [0.1, 0.15) is 41.4 Å². The minimum Gasteiger partial charge on any atom is -0.482 e. The van der Waals surface area contributed by atoms with Crippen molar-refractivity contribution < 1.29 is 23.5 Å². The number of fused-ring (bicyclic) bond motifs is 3. The molecule has 0 radical (unpaired) electrons. The van der Waals surface area contributed by atoms with Gasteiger partial charge < -0.3 is 13.9 Å². The van der Waals surface area contributed by atoms with E-state index in [0.717, 1.165) is 36.0 Å². The minimum absolute atomic E-state index is 0.0825. The van der Waals surface area contributed by atoms with Crippen molar-refractivity contribution in [3.8, 4) is 11.5 Å². The summed E-state index contributed by atoms with van der Waals surface area (Å²) in [5.74, 6) is 1.39. The third kappa shape index (κ3) is 3.72. The topological polar surface area (TPSA) is 65.7 Å². The lowest BCUT2D eigenvalue weighted by Gasteiger charge is -2.09. The van der Waals surface area contributed by atoms with E-state index in [9.17, 15) is 9.59 Å². The second kappa shape index (κ2) is 7.27. The van der Waals surface area contributed by atoms with E-state index in [2.05, 4.69) is 0 Å². The molecule has 138 valence electrons. The van der Waals surface area contributed by atoms with E-state index in [0.29, 0.717) is 17.1 Å². The summed E-state index contributed by atoms with van der Waals surface area (Å²) >= 11 is 0. The fourth-order valence-corrected chi connectivity index (χ4v) is 3.41. The van der Waals surface area contributed by atoms with Crippen LogP contribution in [0.25, 0.3) is 11.0 Å². The molecule has 3 aromatic rings. The Bertz CT molecular complexity index is 1010. The Morgan fingerprint density at radius 2 is 1.89 bits per heavy atom. The number of aryl methyl sites for hydroxylation is 2. The Labute approximate surface area is 156 Å². The standard InChI is InChI=1S/C22H20O5/c1-14(23)15-5-4-6-17(11-15)26-22(24)13-25-16-9-10-21-19(12-16)18-7-2-3-8-20(18)27-21/h4-6,9-12H,2-3,7-8,13H2,1H3. The number of furan rings is 1. The number of benzene rings is 2.